The molecule has 0 aliphatic rings. The number of aromatic nitrogens is 2. The minimum atomic E-state index is -0.652. The highest BCUT2D eigenvalue weighted by Crippen LogP contribution is 2.21. The summed E-state index contributed by atoms with van der Waals surface area (Å²) in [7, 11) is 0. The molecule has 0 fully saturated rings. The van der Waals surface area contributed by atoms with Crippen LogP contribution < -0.4 is 4.74 Å². The van der Waals surface area contributed by atoms with Gasteiger partial charge in [0, 0.05) is 28.7 Å². The maximum absolute atomic E-state index is 12.5. The standard InChI is InChI=1S/C20H20N2O5/c1-13-9-17(15(3)22(13)16-7-5-4-6-8-16)18(23)11-26-20(24)12-25-19-10-14(2)27-21-19/h4-10H,11-12H2,1-3H3. The van der Waals surface area contributed by atoms with Crippen LogP contribution in [0.25, 0.3) is 5.69 Å². The minimum absolute atomic E-state index is 0.196. The first-order chi connectivity index (χ1) is 13.0. The number of ketones is 1. The highest BCUT2D eigenvalue weighted by molar-refractivity contribution is 5.99. The van der Waals surface area contributed by atoms with Crippen molar-refractivity contribution in [2.45, 2.75) is 20.8 Å². The van der Waals surface area contributed by atoms with Crippen molar-refractivity contribution < 1.29 is 23.6 Å². The number of carbonyl (C=O) groups is 2. The molecule has 0 unspecified atom stereocenters. The number of benzene rings is 1. The molecule has 0 saturated carbocycles. The van der Waals surface area contributed by atoms with Crippen molar-refractivity contribution in [1.29, 1.82) is 0 Å². The van der Waals surface area contributed by atoms with Crippen LogP contribution in [0.4, 0.5) is 0 Å². The van der Waals surface area contributed by atoms with E-state index in [1.54, 1.807) is 19.1 Å². The first-order valence-electron chi connectivity index (χ1n) is 8.45. The Morgan fingerprint density at radius 2 is 1.81 bits per heavy atom. The smallest absolute Gasteiger partial charge is 0.344 e. The minimum Gasteiger partial charge on any atom is -0.463 e. The lowest BCUT2D eigenvalue weighted by atomic mass is 10.1. The number of ether oxygens (including phenoxy) is 2. The summed E-state index contributed by atoms with van der Waals surface area (Å²) in [4.78, 5) is 24.3. The molecule has 0 amide bonds. The molecule has 3 rings (SSSR count). The van der Waals surface area contributed by atoms with Gasteiger partial charge in [-0.05, 0) is 44.1 Å². The van der Waals surface area contributed by atoms with Crippen molar-refractivity contribution in [3.05, 3.63) is 65.2 Å². The van der Waals surface area contributed by atoms with Gasteiger partial charge < -0.3 is 18.6 Å². The molecule has 0 N–H and O–H groups in total. The van der Waals surface area contributed by atoms with Gasteiger partial charge in [-0.3, -0.25) is 4.79 Å². The third-order valence-electron chi connectivity index (χ3n) is 4.05. The predicted octanol–water partition coefficient (Wildman–Crippen LogP) is 3.20. The average molecular weight is 368 g/mol. The normalized spacial score (nSPS) is 10.6. The van der Waals surface area contributed by atoms with Gasteiger partial charge in [0.15, 0.2) is 13.2 Å². The highest BCUT2D eigenvalue weighted by atomic mass is 16.6. The Bertz CT molecular complexity index is 956. The van der Waals surface area contributed by atoms with Crippen LogP contribution in [-0.2, 0) is 9.53 Å². The molecule has 2 aromatic heterocycles. The maximum Gasteiger partial charge on any atom is 0.344 e. The van der Waals surface area contributed by atoms with Gasteiger partial charge in [0.25, 0.3) is 5.88 Å². The molecule has 140 valence electrons. The van der Waals surface area contributed by atoms with Crippen LogP contribution >= 0.6 is 0 Å². The van der Waals surface area contributed by atoms with E-state index in [9.17, 15) is 9.59 Å². The Morgan fingerprint density at radius 1 is 1.07 bits per heavy atom. The van der Waals surface area contributed by atoms with Crippen LogP contribution in [0.2, 0.25) is 0 Å². The number of Topliss-reactive ketones (excluding diaryl/α,β-unsaturated/α-hetero) is 1. The van der Waals surface area contributed by atoms with E-state index in [-0.39, 0.29) is 24.9 Å². The van der Waals surface area contributed by atoms with Gasteiger partial charge in [-0.25, -0.2) is 4.79 Å². The zero-order valence-corrected chi connectivity index (χ0v) is 15.4. The SMILES string of the molecule is Cc1cc(OCC(=O)OCC(=O)c2cc(C)n(-c3ccccc3)c2C)no1. The van der Waals surface area contributed by atoms with Crippen molar-refractivity contribution in [3.8, 4) is 11.6 Å². The summed E-state index contributed by atoms with van der Waals surface area (Å²) in [5.41, 5.74) is 3.23. The molecule has 0 radical (unpaired) electrons. The number of para-hydroxylation sites is 1. The Balaban J connectivity index is 1.60. The fraction of sp³-hybridized carbons (Fsp3) is 0.250. The maximum atomic E-state index is 12.5. The number of esters is 1. The first-order valence-corrected chi connectivity index (χ1v) is 8.45. The van der Waals surface area contributed by atoms with E-state index >= 15 is 0 Å². The van der Waals surface area contributed by atoms with Crippen LogP contribution in [0.1, 0.15) is 27.5 Å². The molecular weight excluding hydrogens is 348 g/mol. The summed E-state index contributed by atoms with van der Waals surface area (Å²) in [6.07, 6.45) is 0. The average Bonchev–Trinajstić information content (AvgIpc) is 3.21. The number of carbonyl (C=O) groups excluding carboxylic acids is 2. The summed E-state index contributed by atoms with van der Waals surface area (Å²) in [6.45, 7) is 4.81. The Morgan fingerprint density at radius 3 is 2.48 bits per heavy atom. The van der Waals surface area contributed by atoms with E-state index in [4.69, 9.17) is 14.0 Å². The number of hydrogen-bond acceptors (Lipinski definition) is 6. The molecule has 7 nitrogen and oxygen atoms in total. The van der Waals surface area contributed by atoms with Crippen molar-refractivity contribution >= 4 is 11.8 Å². The second-order valence-electron chi connectivity index (χ2n) is 6.10. The Labute approximate surface area is 156 Å². The van der Waals surface area contributed by atoms with Crippen LogP contribution in [-0.4, -0.2) is 34.7 Å². The number of rotatable bonds is 7. The second kappa shape index (κ2) is 7.90. The van der Waals surface area contributed by atoms with Gasteiger partial charge in [-0.15, -0.1) is 0 Å². The predicted molar refractivity (Wildman–Crippen MR) is 97.3 cm³/mol. The summed E-state index contributed by atoms with van der Waals surface area (Å²) in [5, 5.41) is 3.61. The van der Waals surface area contributed by atoms with Crippen LogP contribution in [0.5, 0.6) is 5.88 Å². The van der Waals surface area contributed by atoms with E-state index in [0.29, 0.717) is 11.3 Å². The Hall–Kier alpha value is -3.35. The lowest BCUT2D eigenvalue weighted by molar-refractivity contribution is -0.144. The summed E-state index contributed by atoms with van der Waals surface area (Å²) < 4.78 is 17.0. The molecule has 3 aromatic rings. The fourth-order valence-corrected chi connectivity index (χ4v) is 2.83. The molecule has 7 heteroatoms. The monoisotopic (exact) mass is 368 g/mol. The van der Waals surface area contributed by atoms with E-state index in [1.807, 2.05) is 48.7 Å². The third kappa shape index (κ3) is 4.25. The van der Waals surface area contributed by atoms with E-state index in [2.05, 4.69) is 5.16 Å². The molecule has 0 atom stereocenters. The van der Waals surface area contributed by atoms with Crippen molar-refractivity contribution in [1.82, 2.24) is 9.72 Å². The summed E-state index contributed by atoms with van der Waals surface area (Å²) >= 11 is 0. The van der Waals surface area contributed by atoms with E-state index in [1.165, 1.54) is 0 Å². The zero-order chi connectivity index (χ0) is 19.4. The van der Waals surface area contributed by atoms with Crippen LogP contribution in [0.15, 0.2) is 47.0 Å². The van der Waals surface area contributed by atoms with E-state index in [0.717, 1.165) is 17.1 Å². The quantitative estimate of drug-likeness (QED) is 0.470. The molecule has 0 saturated heterocycles. The molecule has 0 spiro atoms. The third-order valence-corrected chi connectivity index (χ3v) is 4.05. The van der Waals surface area contributed by atoms with Crippen LogP contribution in [0, 0.1) is 20.8 Å². The molecule has 1 aromatic carbocycles. The van der Waals surface area contributed by atoms with Gasteiger partial charge >= 0.3 is 5.97 Å². The van der Waals surface area contributed by atoms with Gasteiger partial charge in [-0.2, -0.15) is 0 Å². The Kier molecular flexibility index (Phi) is 5.40. The van der Waals surface area contributed by atoms with Crippen molar-refractivity contribution in [2.75, 3.05) is 13.2 Å². The second-order valence-corrected chi connectivity index (χ2v) is 6.10. The lowest BCUT2D eigenvalue weighted by Gasteiger charge is -2.09. The van der Waals surface area contributed by atoms with Gasteiger partial charge in [0.05, 0.1) is 0 Å². The topological polar surface area (TPSA) is 83.6 Å². The molecule has 2 heterocycles. The highest BCUT2D eigenvalue weighted by Gasteiger charge is 2.18. The van der Waals surface area contributed by atoms with Crippen molar-refractivity contribution in [2.24, 2.45) is 0 Å². The summed E-state index contributed by atoms with van der Waals surface area (Å²) in [6, 6.07) is 13.1. The molecular formula is C20H20N2O5. The van der Waals surface area contributed by atoms with Crippen LogP contribution in [0.3, 0.4) is 0 Å². The van der Waals surface area contributed by atoms with E-state index < -0.39 is 5.97 Å². The molecule has 27 heavy (non-hydrogen) atoms. The largest absolute Gasteiger partial charge is 0.463 e. The van der Waals surface area contributed by atoms with Gasteiger partial charge in [0.1, 0.15) is 5.76 Å². The number of aryl methyl sites for hydroxylation is 2. The van der Waals surface area contributed by atoms with Crippen molar-refractivity contribution in [3.63, 3.8) is 0 Å². The zero-order valence-electron chi connectivity index (χ0n) is 15.4. The summed E-state index contributed by atoms with van der Waals surface area (Å²) in [5.74, 6) is -0.152. The van der Waals surface area contributed by atoms with Gasteiger partial charge in [-0.1, -0.05) is 18.2 Å². The molecule has 0 aliphatic carbocycles. The fourth-order valence-electron chi connectivity index (χ4n) is 2.83. The first kappa shape index (κ1) is 18.4. The molecule has 0 aliphatic heterocycles. The molecule has 0 bridgehead atoms. The van der Waals surface area contributed by atoms with Gasteiger partial charge in [0.2, 0.25) is 5.78 Å². The number of hydrogen-bond donors (Lipinski definition) is 0. The lowest BCUT2D eigenvalue weighted by Crippen LogP contribution is -2.20. The number of nitrogens with zero attached hydrogens (tertiary/aromatic N) is 2.